The Morgan fingerprint density at radius 2 is 0.894 bits per heavy atom. The molecule has 0 fully saturated rings. The maximum atomic E-state index is 11.6. The van der Waals surface area contributed by atoms with Crippen LogP contribution in [0.3, 0.4) is 0 Å². The van der Waals surface area contributed by atoms with Crippen LogP contribution in [0.25, 0.3) is 0 Å². The first-order valence-corrected chi connectivity index (χ1v) is 18.2. The number of hydrogen-bond donors (Lipinski definition) is 2. The summed E-state index contributed by atoms with van der Waals surface area (Å²) in [5.41, 5.74) is 6.93. The van der Waals surface area contributed by atoms with Gasteiger partial charge in [0.2, 0.25) is 0 Å². The average Bonchev–Trinajstić information content (AvgIpc) is 3.07. The van der Waals surface area contributed by atoms with Crippen LogP contribution in [0.4, 0.5) is 11.4 Å². The molecule has 0 unspecified atom stereocenters. The normalized spacial score (nSPS) is 11.9. The van der Waals surface area contributed by atoms with Crippen molar-refractivity contribution >= 4 is 31.6 Å². The Labute approximate surface area is 277 Å². The summed E-state index contributed by atoms with van der Waals surface area (Å²) in [6.45, 7) is 6.45. The monoisotopic (exact) mass is 670 g/mol. The van der Waals surface area contributed by atoms with Crippen LogP contribution in [0.2, 0.25) is 0 Å². The van der Waals surface area contributed by atoms with Gasteiger partial charge in [-0.25, -0.2) is 0 Å². The van der Waals surface area contributed by atoms with Gasteiger partial charge in [0.25, 0.3) is 20.2 Å². The first kappa shape index (κ1) is 33.9. The lowest BCUT2D eigenvalue weighted by molar-refractivity contribution is 0.481. The Kier molecular flexibility index (Phi) is 10.5. The van der Waals surface area contributed by atoms with Crippen LogP contribution in [0, 0.1) is 0 Å². The van der Waals surface area contributed by atoms with Crippen molar-refractivity contribution in [3.63, 3.8) is 0 Å². The van der Waals surface area contributed by atoms with Crippen molar-refractivity contribution in [2.24, 2.45) is 0 Å². The standard InChI is InChI=1S/C37H38N2O6S2/c1-3-38(26-28-10-8-14-35(24-28)46(40,41)42)33-20-16-31(17-21-33)37(30-12-6-5-7-13-30)32-18-22-34(23-19-32)39(4-2)27-29-11-9-15-36(25-29)47(43,44)45/h5-25,37H,3-4,26-27H2,1-2H3,(H,40,41,42)(H,43,44,45). The van der Waals surface area contributed by atoms with E-state index >= 15 is 0 Å². The Balaban J connectivity index is 1.40. The zero-order valence-electron chi connectivity index (χ0n) is 26.3. The summed E-state index contributed by atoms with van der Waals surface area (Å²) >= 11 is 0. The summed E-state index contributed by atoms with van der Waals surface area (Å²) < 4.78 is 65.5. The maximum Gasteiger partial charge on any atom is 0.294 e. The van der Waals surface area contributed by atoms with Crippen molar-refractivity contribution in [3.8, 4) is 0 Å². The number of hydrogen-bond acceptors (Lipinski definition) is 6. The molecule has 0 aliphatic carbocycles. The second-order valence-electron chi connectivity index (χ2n) is 11.3. The van der Waals surface area contributed by atoms with Crippen LogP contribution in [-0.4, -0.2) is 39.0 Å². The van der Waals surface area contributed by atoms with Crippen LogP contribution < -0.4 is 9.80 Å². The van der Waals surface area contributed by atoms with E-state index in [1.807, 2.05) is 44.2 Å². The first-order chi connectivity index (χ1) is 22.5. The lowest BCUT2D eigenvalue weighted by Crippen LogP contribution is -2.22. The topological polar surface area (TPSA) is 115 Å². The molecule has 0 saturated carbocycles. The molecule has 10 heteroatoms. The average molecular weight is 671 g/mol. The highest BCUT2D eigenvalue weighted by Crippen LogP contribution is 2.34. The summed E-state index contributed by atoms with van der Waals surface area (Å²) in [5.74, 6) is -0.0256. The van der Waals surface area contributed by atoms with Crippen molar-refractivity contribution in [1.29, 1.82) is 0 Å². The van der Waals surface area contributed by atoms with E-state index < -0.39 is 20.2 Å². The third kappa shape index (κ3) is 8.47. The van der Waals surface area contributed by atoms with Gasteiger partial charge < -0.3 is 9.80 Å². The fourth-order valence-electron chi connectivity index (χ4n) is 5.80. The van der Waals surface area contributed by atoms with Crippen LogP contribution in [0.1, 0.15) is 47.6 Å². The number of anilines is 2. The molecule has 8 nitrogen and oxygen atoms in total. The molecule has 0 aliphatic rings. The highest BCUT2D eigenvalue weighted by Gasteiger charge is 2.19. The molecule has 244 valence electrons. The quantitative estimate of drug-likeness (QED) is 0.0983. The molecule has 0 saturated heterocycles. The Morgan fingerprint density at radius 3 is 1.26 bits per heavy atom. The molecular formula is C37H38N2O6S2. The van der Waals surface area contributed by atoms with E-state index in [1.165, 1.54) is 24.3 Å². The fraction of sp³-hybridized carbons (Fsp3) is 0.189. The molecule has 0 radical (unpaired) electrons. The molecule has 0 amide bonds. The van der Waals surface area contributed by atoms with E-state index in [1.54, 1.807) is 12.1 Å². The second-order valence-corrected chi connectivity index (χ2v) is 14.1. The van der Waals surface area contributed by atoms with Gasteiger partial charge in [-0.3, -0.25) is 9.11 Å². The fourth-order valence-corrected chi connectivity index (χ4v) is 6.90. The van der Waals surface area contributed by atoms with Gasteiger partial charge in [-0.15, -0.1) is 0 Å². The molecular weight excluding hydrogens is 633 g/mol. The highest BCUT2D eigenvalue weighted by atomic mass is 32.2. The summed E-state index contributed by atoms with van der Waals surface area (Å²) in [7, 11) is -8.56. The number of nitrogens with zero attached hydrogens (tertiary/aromatic N) is 2. The van der Waals surface area contributed by atoms with Crippen LogP contribution >= 0.6 is 0 Å². The third-order valence-corrected chi connectivity index (χ3v) is 9.92. The molecule has 0 bridgehead atoms. The van der Waals surface area contributed by atoms with Gasteiger partial charge in [0.15, 0.2) is 0 Å². The molecule has 0 aromatic heterocycles. The molecule has 0 heterocycles. The SMILES string of the molecule is CCN(Cc1cccc(S(=O)(=O)O)c1)c1ccc(C(c2ccccc2)c2ccc(N(CC)Cc3cccc(S(=O)(=O)O)c3)cc2)cc1. The van der Waals surface area contributed by atoms with E-state index in [0.29, 0.717) is 26.2 Å². The molecule has 0 spiro atoms. The smallest absolute Gasteiger partial charge is 0.294 e. The van der Waals surface area contributed by atoms with Crippen LogP contribution in [0.5, 0.6) is 0 Å². The maximum absolute atomic E-state index is 11.6. The van der Waals surface area contributed by atoms with E-state index in [4.69, 9.17) is 0 Å². The minimum absolute atomic E-state index is 0.0256. The summed E-state index contributed by atoms with van der Waals surface area (Å²) in [6.07, 6.45) is 0. The van der Waals surface area contributed by atoms with Crippen molar-refractivity contribution < 1.29 is 25.9 Å². The Morgan fingerprint density at radius 1 is 0.511 bits per heavy atom. The number of benzene rings is 5. The summed E-state index contributed by atoms with van der Waals surface area (Å²) in [6, 6.07) is 39.8. The van der Waals surface area contributed by atoms with E-state index in [9.17, 15) is 25.9 Å². The third-order valence-electron chi connectivity index (χ3n) is 8.22. The molecule has 5 aromatic rings. The van der Waals surface area contributed by atoms with E-state index in [2.05, 4.69) is 70.5 Å². The van der Waals surface area contributed by atoms with Gasteiger partial charge in [0.05, 0.1) is 9.79 Å². The molecule has 5 rings (SSSR count). The van der Waals surface area contributed by atoms with Gasteiger partial charge in [-0.1, -0.05) is 78.9 Å². The minimum atomic E-state index is -4.28. The molecule has 5 aromatic carbocycles. The Bertz CT molecular complexity index is 1890. The second kappa shape index (κ2) is 14.5. The van der Waals surface area contributed by atoms with Gasteiger partial charge in [-0.2, -0.15) is 16.8 Å². The van der Waals surface area contributed by atoms with Crippen molar-refractivity contribution in [3.05, 3.63) is 155 Å². The van der Waals surface area contributed by atoms with Gasteiger partial charge in [0, 0.05) is 43.5 Å². The van der Waals surface area contributed by atoms with Crippen molar-refractivity contribution in [2.45, 2.75) is 42.6 Å². The largest absolute Gasteiger partial charge is 0.367 e. The van der Waals surface area contributed by atoms with E-state index in [-0.39, 0.29) is 15.7 Å². The Hall–Kier alpha value is -4.48. The zero-order chi connectivity index (χ0) is 33.6. The highest BCUT2D eigenvalue weighted by molar-refractivity contribution is 7.86. The summed E-state index contributed by atoms with van der Waals surface area (Å²) in [5, 5.41) is 0. The van der Waals surface area contributed by atoms with Crippen molar-refractivity contribution in [1.82, 2.24) is 0 Å². The summed E-state index contributed by atoms with van der Waals surface area (Å²) in [4.78, 5) is 4.05. The molecule has 0 atom stereocenters. The van der Waals surface area contributed by atoms with Crippen LogP contribution in [0.15, 0.2) is 137 Å². The van der Waals surface area contributed by atoms with E-state index in [0.717, 1.165) is 39.2 Å². The lowest BCUT2D eigenvalue weighted by Gasteiger charge is -2.26. The minimum Gasteiger partial charge on any atom is -0.367 e. The lowest BCUT2D eigenvalue weighted by atomic mass is 9.85. The molecule has 2 N–H and O–H groups in total. The van der Waals surface area contributed by atoms with Crippen LogP contribution in [-0.2, 0) is 33.3 Å². The van der Waals surface area contributed by atoms with Crippen molar-refractivity contribution in [2.75, 3.05) is 22.9 Å². The molecule has 0 aliphatic heterocycles. The zero-order valence-corrected chi connectivity index (χ0v) is 27.9. The first-order valence-electron chi connectivity index (χ1n) is 15.3. The number of rotatable bonds is 13. The predicted octanol–water partition coefficient (Wildman–Crippen LogP) is 7.41. The van der Waals surface area contributed by atoms with Gasteiger partial charge in [0.1, 0.15) is 0 Å². The molecule has 47 heavy (non-hydrogen) atoms. The van der Waals surface area contributed by atoms with Gasteiger partial charge >= 0.3 is 0 Å². The van der Waals surface area contributed by atoms with Gasteiger partial charge in [-0.05, 0) is 90.2 Å². The predicted molar refractivity (Wildman–Crippen MR) is 186 cm³/mol.